The van der Waals surface area contributed by atoms with Crippen LogP contribution in [-0.4, -0.2) is 35.1 Å². The third kappa shape index (κ3) is 1.63. The van der Waals surface area contributed by atoms with Crippen molar-refractivity contribution in [3.8, 4) is 0 Å². The van der Waals surface area contributed by atoms with Gasteiger partial charge in [-0.1, -0.05) is 6.92 Å². The fourth-order valence-electron chi connectivity index (χ4n) is 3.15. The van der Waals surface area contributed by atoms with Crippen molar-refractivity contribution in [2.45, 2.75) is 32.6 Å². The second kappa shape index (κ2) is 3.95. The quantitative estimate of drug-likeness (QED) is 0.638. The Hall–Kier alpha value is -1.28. The number of amides is 1. The minimum atomic E-state index is -0.850. The zero-order chi connectivity index (χ0) is 11.8. The number of hydrogen-bond acceptors (Lipinski definition) is 2. The molecule has 1 atom stereocenters. The van der Waals surface area contributed by atoms with E-state index in [2.05, 4.69) is 12.9 Å². The first-order valence-corrected chi connectivity index (χ1v) is 5.82. The highest BCUT2D eigenvalue weighted by Crippen LogP contribution is 2.51. The van der Waals surface area contributed by atoms with Crippen LogP contribution in [0.4, 0.5) is 4.79 Å². The molecular weight excluding hydrogens is 206 g/mol. The van der Waals surface area contributed by atoms with E-state index < -0.39 is 6.09 Å². The lowest BCUT2D eigenvalue weighted by molar-refractivity contribution is 0.106. The first kappa shape index (κ1) is 11.2. The normalized spacial score (nSPS) is 28.2. The van der Waals surface area contributed by atoms with E-state index in [9.17, 15) is 9.59 Å². The predicted molar refractivity (Wildman–Crippen MR) is 58.9 cm³/mol. The van der Waals surface area contributed by atoms with Crippen molar-refractivity contribution in [3.63, 3.8) is 0 Å². The summed E-state index contributed by atoms with van der Waals surface area (Å²) in [6, 6.07) is 0. The number of rotatable bonds is 0. The summed E-state index contributed by atoms with van der Waals surface area (Å²) in [5, 5.41) is 8.89. The molecule has 2 fully saturated rings. The molecule has 1 unspecified atom stereocenters. The van der Waals surface area contributed by atoms with Gasteiger partial charge >= 0.3 is 6.09 Å². The van der Waals surface area contributed by atoms with E-state index in [-0.39, 0.29) is 5.41 Å². The van der Waals surface area contributed by atoms with Gasteiger partial charge in [-0.15, -0.1) is 0 Å². The highest BCUT2D eigenvalue weighted by Gasteiger charge is 2.45. The van der Waals surface area contributed by atoms with Gasteiger partial charge in [0.15, 0.2) is 0 Å². The lowest BCUT2D eigenvalue weighted by Crippen LogP contribution is -2.42. The molecular formula is C12H17NO3. The number of piperidine rings is 1. The van der Waals surface area contributed by atoms with Gasteiger partial charge in [0, 0.05) is 24.1 Å². The second-order valence-electron chi connectivity index (χ2n) is 5.01. The van der Waals surface area contributed by atoms with E-state index in [0.717, 1.165) is 31.3 Å². The largest absolute Gasteiger partial charge is 0.465 e. The molecule has 1 saturated carbocycles. The molecule has 1 aliphatic carbocycles. The topological polar surface area (TPSA) is 57.6 Å². The Labute approximate surface area is 94.9 Å². The van der Waals surface area contributed by atoms with Crippen LogP contribution in [0.5, 0.6) is 0 Å². The molecule has 88 valence electrons. The molecule has 1 aliphatic heterocycles. The first-order chi connectivity index (χ1) is 7.59. The molecule has 2 rings (SSSR count). The molecule has 2 aliphatic rings. The fourth-order valence-corrected chi connectivity index (χ4v) is 3.15. The summed E-state index contributed by atoms with van der Waals surface area (Å²) in [6.07, 6.45) is 2.78. The average Bonchev–Trinajstić information content (AvgIpc) is 2.56. The molecule has 0 aromatic rings. The van der Waals surface area contributed by atoms with Gasteiger partial charge in [-0.2, -0.15) is 0 Å². The third-order valence-electron chi connectivity index (χ3n) is 4.22. The van der Waals surface area contributed by atoms with E-state index in [1.54, 1.807) is 0 Å². The Morgan fingerprint density at radius 3 is 2.56 bits per heavy atom. The first-order valence-electron chi connectivity index (χ1n) is 5.82. The minimum Gasteiger partial charge on any atom is -0.465 e. The van der Waals surface area contributed by atoms with Crippen LogP contribution in [0.2, 0.25) is 0 Å². The molecule has 1 heterocycles. The number of carbonyl (C=O) groups excluding carboxylic acids is 1. The maximum Gasteiger partial charge on any atom is 0.407 e. The van der Waals surface area contributed by atoms with Gasteiger partial charge in [0.25, 0.3) is 0 Å². The monoisotopic (exact) mass is 223 g/mol. The van der Waals surface area contributed by atoms with E-state index >= 15 is 0 Å². The van der Waals surface area contributed by atoms with Gasteiger partial charge in [-0.05, 0) is 31.6 Å². The number of carboxylic acid groups (broad SMARTS) is 1. The predicted octanol–water partition coefficient (Wildman–Crippen LogP) is 1.93. The van der Waals surface area contributed by atoms with Crippen molar-refractivity contribution in [1.29, 1.82) is 0 Å². The van der Waals surface area contributed by atoms with Crippen LogP contribution in [-0.2, 0) is 4.79 Å². The van der Waals surface area contributed by atoms with Crippen LogP contribution in [0.25, 0.3) is 0 Å². The minimum absolute atomic E-state index is 0.0346. The van der Waals surface area contributed by atoms with Gasteiger partial charge in [0.2, 0.25) is 0 Å². The fraction of sp³-hybridized carbons (Fsp3) is 0.750. The van der Waals surface area contributed by atoms with Crippen LogP contribution >= 0.6 is 0 Å². The van der Waals surface area contributed by atoms with Gasteiger partial charge in [0.1, 0.15) is 5.94 Å². The lowest BCUT2D eigenvalue weighted by atomic mass is 9.73. The average molecular weight is 223 g/mol. The van der Waals surface area contributed by atoms with Crippen molar-refractivity contribution in [2.75, 3.05) is 13.1 Å². The zero-order valence-corrected chi connectivity index (χ0v) is 9.53. The Balaban J connectivity index is 2.13. The molecule has 0 aromatic carbocycles. The number of carbonyl (C=O) groups is 1. The van der Waals surface area contributed by atoms with Crippen LogP contribution in [0.15, 0.2) is 5.57 Å². The van der Waals surface area contributed by atoms with Gasteiger partial charge in [0.05, 0.1) is 0 Å². The smallest absolute Gasteiger partial charge is 0.407 e. The van der Waals surface area contributed by atoms with Crippen molar-refractivity contribution < 1.29 is 14.7 Å². The summed E-state index contributed by atoms with van der Waals surface area (Å²) >= 11 is 0. The molecule has 4 heteroatoms. The Morgan fingerprint density at radius 1 is 1.44 bits per heavy atom. The second-order valence-corrected chi connectivity index (χ2v) is 5.01. The maximum atomic E-state index is 11.0. The van der Waals surface area contributed by atoms with Crippen LogP contribution in [0.3, 0.4) is 0 Å². The molecule has 4 nitrogen and oxygen atoms in total. The third-order valence-corrected chi connectivity index (χ3v) is 4.22. The van der Waals surface area contributed by atoms with Crippen LogP contribution < -0.4 is 0 Å². The molecule has 1 saturated heterocycles. The van der Waals surface area contributed by atoms with Crippen molar-refractivity contribution in [1.82, 2.24) is 4.90 Å². The molecule has 1 amide bonds. The number of nitrogens with zero attached hydrogens (tertiary/aromatic N) is 1. The van der Waals surface area contributed by atoms with Crippen LogP contribution in [0.1, 0.15) is 32.6 Å². The SMILES string of the molecule is CC1CCC2(CCN(C(=O)O)CC2)C1=C=O. The molecule has 0 aromatic heterocycles. The van der Waals surface area contributed by atoms with Gasteiger partial charge < -0.3 is 10.0 Å². The molecule has 0 bridgehead atoms. The zero-order valence-electron chi connectivity index (χ0n) is 9.53. The van der Waals surface area contributed by atoms with Crippen molar-refractivity contribution in [3.05, 3.63) is 5.57 Å². The summed E-state index contributed by atoms with van der Waals surface area (Å²) in [4.78, 5) is 23.3. The lowest BCUT2D eigenvalue weighted by Gasteiger charge is -2.38. The van der Waals surface area contributed by atoms with E-state index in [4.69, 9.17) is 5.11 Å². The Morgan fingerprint density at radius 2 is 2.06 bits per heavy atom. The summed E-state index contributed by atoms with van der Waals surface area (Å²) < 4.78 is 0. The number of allylic oxidation sites excluding steroid dienone is 1. The summed E-state index contributed by atoms with van der Waals surface area (Å²) in [5.41, 5.74) is 0.866. The van der Waals surface area contributed by atoms with Crippen molar-refractivity contribution in [2.24, 2.45) is 11.3 Å². The molecule has 0 radical (unpaired) electrons. The molecule has 1 N–H and O–H groups in total. The van der Waals surface area contributed by atoms with Crippen LogP contribution in [0, 0.1) is 11.3 Å². The number of hydrogen-bond donors (Lipinski definition) is 1. The highest BCUT2D eigenvalue weighted by molar-refractivity contribution is 5.65. The van der Waals surface area contributed by atoms with Crippen molar-refractivity contribution >= 4 is 12.0 Å². The Kier molecular flexibility index (Phi) is 2.76. The Bertz CT molecular complexity index is 349. The molecule has 16 heavy (non-hydrogen) atoms. The van der Waals surface area contributed by atoms with Gasteiger partial charge in [-0.3, -0.25) is 0 Å². The maximum absolute atomic E-state index is 11.0. The van der Waals surface area contributed by atoms with Gasteiger partial charge in [-0.25, -0.2) is 9.59 Å². The highest BCUT2D eigenvalue weighted by atomic mass is 16.4. The summed E-state index contributed by atoms with van der Waals surface area (Å²) in [5.74, 6) is 2.45. The summed E-state index contributed by atoms with van der Waals surface area (Å²) in [7, 11) is 0. The number of likely N-dealkylation sites (tertiary alicyclic amines) is 1. The van der Waals surface area contributed by atoms with E-state index in [1.807, 2.05) is 0 Å². The van der Waals surface area contributed by atoms with E-state index in [1.165, 1.54) is 4.90 Å². The summed E-state index contributed by atoms with van der Waals surface area (Å²) in [6.45, 7) is 3.17. The molecule has 1 spiro atoms. The van der Waals surface area contributed by atoms with E-state index in [0.29, 0.717) is 19.0 Å². The standard InChI is InChI=1S/C12H17NO3/c1-9-2-3-12(10(9)8-14)4-6-13(7-5-12)11(15)16/h9H,2-7H2,1H3,(H,15,16).